The zero-order valence-corrected chi connectivity index (χ0v) is 13.7. The molecule has 0 aromatic carbocycles. The average Bonchev–Trinajstić information content (AvgIpc) is 2.84. The number of nitrogens with zero attached hydrogens (tertiary/aromatic N) is 3. The minimum Gasteiger partial charge on any atom is -0.354 e. The van der Waals surface area contributed by atoms with Crippen LogP contribution in [-0.2, 0) is 10.0 Å². The Hall–Kier alpha value is -1.67. The highest BCUT2D eigenvalue weighted by Gasteiger charge is 2.23. The number of nitrogens with one attached hydrogen (secondary N) is 2. The second-order valence-electron chi connectivity index (χ2n) is 5.98. The van der Waals surface area contributed by atoms with Crippen LogP contribution in [0.5, 0.6) is 0 Å². The van der Waals surface area contributed by atoms with Crippen LogP contribution >= 0.6 is 0 Å². The maximum atomic E-state index is 11.3. The summed E-state index contributed by atoms with van der Waals surface area (Å²) >= 11 is 0. The minimum atomic E-state index is -3.14. The van der Waals surface area contributed by atoms with E-state index in [1.54, 1.807) is 6.33 Å². The molecule has 2 N–H and O–H groups in total. The summed E-state index contributed by atoms with van der Waals surface area (Å²) in [6.07, 6.45) is 4.84. The fraction of sp³-hybridized carbons (Fsp3) is 0.571. The molecule has 1 aliphatic heterocycles. The molecule has 3 rings (SSSR count). The summed E-state index contributed by atoms with van der Waals surface area (Å²) in [7, 11) is -3.14. The van der Waals surface area contributed by atoms with Crippen LogP contribution in [0.25, 0.3) is 11.0 Å². The average molecular weight is 323 g/mol. The summed E-state index contributed by atoms with van der Waals surface area (Å²) in [6, 6.07) is 2.01. The number of hydrogen-bond donors (Lipinski definition) is 2. The Morgan fingerprint density at radius 1 is 1.45 bits per heavy atom. The van der Waals surface area contributed by atoms with Crippen molar-refractivity contribution in [2.24, 2.45) is 5.92 Å². The number of aromatic amines is 1. The van der Waals surface area contributed by atoms with Crippen molar-refractivity contribution in [2.45, 2.75) is 19.8 Å². The van der Waals surface area contributed by atoms with Gasteiger partial charge in [0.05, 0.1) is 11.8 Å². The summed E-state index contributed by atoms with van der Waals surface area (Å²) in [5.41, 5.74) is 2.93. The Morgan fingerprint density at radius 2 is 2.27 bits per heavy atom. The third kappa shape index (κ3) is 3.38. The van der Waals surface area contributed by atoms with Crippen molar-refractivity contribution < 1.29 is 8.42 Å². The number of piperidine rings is 1. The lowest BCUT2D eigenvalue weighted by Gasteiger charge is -2.33. The highest BCUT2D eigenvalue weighted by atomic mass is 32.2. The highest BCUT2D eigenvalue weighted by Crippen LogP contribution is 2.27. The van der Waals surface area contributed by atoms with Gasteiger partial charge in [-0.15, -0.1) is 0 Å². The normalized spacial score (nSPS) is 19.7. The fourth-order valence-electron chi connectivity index (χ4n) is 2.99. The Labute approximate surface area is 130 Å². The smallest absolute Gasteiger partial charge is 0.208 e. The first-order chi connectivity index (χ1) is 10.4. The molecule has 0 spiro atoms. The zero-order chi connectivity index (χ0) is 15.7. The molecule has 7 nitrogen and oxygen atoms in total. The fourth-order valence-corrected chi connectivity index (χ4v) is 3.53. The lowest BCUT2D eigenvalue weighted by Crippen LogP contribution is -2.41. The summed E-state index contributed by atoms with van der Waals surface area (Å²) < 4.78 is 25.1. The van der Waals surface area contributed by atoms with Crippen LogP contribution in [0, 0.1) is 12.8 Å². The quantitative estimate of drug-likeness (QED) is 0.877. The molecular formula is C14H21N5O2S. The van der Waals surface area contributed by atoms with Crippen molar-refractivity contribution >= 4 is 26.9 Å². The maximum Gasteiger partial charge on any atom is 0.208 e. The van der Waals surface area contributed by atoms with Crippen LogP contribution in [0.15, 0.2) is 12.4 Å². The molecule has 1 atom stereocenters. The first-order valence-electron chi connectivity index (χ1n) is 7.42. The molecule has 3 heterocycles. The number of rotatable bonds is 4. The molecule has 22 heavy (non-hydrogen) atoms. The SMILES string of the molecule is Cc1cc2ncnc(N3CCC[C@@H](CNS(C)(=O)=O)C3)c2[nH]1. The van der Waals surface area contributed by atoms with Crippen molar-refractivity contribution in [3.05, 3.63) is 18.1 Å². The molecule has 1 aliphatic rings. The van der Waals surface area contributed by atoms with Gasteiger partial charge in [0.1, 0.15) is 11.8 Å². The van der Waals surface area contributed by atoms with E-state index >= 15 is 0 Å². The van der Waals surface area contributed by atoms with Gasteiger partial charge in [0, 0.05) is 25.3 Å². The lowest BCUT2D eigenvalue weighted by atomic mass is 9.98. The molecule has 1 fully saturated rings. The predicted molar refractivity (Wildman–Crippen MR) is 86.4 cm³/mol. The minimum absolute atomic E-state index is 0.296. The molecule has 120 valence electrons. The van der Waals surface area contributed by atoms with Crippen LogP contribution in [0.3, 0.4) is 0 Å². The van der Waals surface area contributed by atoms with Gasteiger partial charge >= 0.3 is 0 Å². The van der Waals surface area contributed by atoms with E-state index in [1.165, 1.54) is 6.26 Å². The Bertz CT molecular complexity index is 771. The van der Waals surface area contributed by atoms with Gasteiger partial charge in [0.25, 0.3) is 0 Å². The number of aryl methyl sites for hydroxylation is 1. The highest BCUT2D eigenvalue weighted by molar-refractivity contribution is 7.88. The van der Waals surface area contributed by atoms with Gasteiger partial charge in [-0.25, -0.2) is 23.1 Å². The van der Waals surface area contributed by atoms with E-state index in [9.17, 15) is 8.42 Å². The van der Waals surface area contributed by atoms with Gasteiger partial charge in [0.2, 0.25) is 10.0 Å². The van der Waals surface area contributed by atoms with Gasteiger partial charge in [-0.3, -0.25) is 0 Å². The van der Waals surface area contributed by atoms with E-state index in [2.05, 4.69) is 24.6 Å². The van der Waals surface area contributed by atoms with Crippen LogP contribution in [0.1, 0.15) is 18.5 Å². The topological polar surface area (TPSA) is 91.0 Å². The molecule has 0 unspecified atom stereocenters. The summed E-state index contributed by atoms with van der Waals surface area (Å²) in [4.78, 5) is 14.3. The maximum absolute atomic E-state index is 11.3. The summed E-state index contributed by atoms with van der Waals surface area (Å²) in [6.45, 7) is 4.21. The molecular weight excluding hydrogens is 302 g/mol. The van der Waals surface area contributed by atoms with E-state index in [1.807, 2.05) is 13.0 Å². The van der Waals surface area contributed by atoms with Crippen molar-refractivity contribution in [2.75, 3.05) is 30.8 Å². The molecule has 2 aromatic rings. The van der Waals surface area contributed by atoms with E-state index in [0.717, 1.165) is 48.5 Å². The van der Waals surface area contributed by atoms with Gasteiger partial charge in [0.15, 0.2) is 5.82 Å². The second kappa shape index (κ2) is 5.85. The van der Waals surface area contributed by atoms with Gasteiger partial charge in [-0.2, -0.15) is 0 Å². The van der Waals surface area contributed by atoms with E-state index < -0.39 is 10.0 Å². The van der Waals surface area contributed by atoms with Gasteiger partial charge in [-0.05, 0) is 31.7 Å². The van der Waals surface area contributed by atoms with Crippen molar-refractivity contribution in [1.29, 1.82) is 0 Å². The Morgan fingerprint density at radius 3 is 3.05 bits per heavy atom. The summed E-state index contributed by atoms with van der Waals surface area (Å²) in [5, 5.41) is 0. The van der Waals surface area contributed by atoms with Crippen LogP contribution in [0.2, 0.25) is 0 Å². The molecule has 8 heteroatoms. The van der Waals surface area contributed by atoms with Gasteiger partial charge in [-0.1, -0.05) is 0 Å². The predicted octanol–water partition coefficient (Wildman–Crippen LogP) is 1.03. The standard InChI is InChI=1S/C14H21N5O2S/c1-10-6-12-13(18-10)14(16-9-15-12)19-5-3-4-11(8-19)7-17-22(2,20)21/h6,9,11,17-18H,3-5,7-8H2,1-2H3/t11-/m0/s1. The number of sulfonamides is 1. The van der Waals surface area contributed by atoms with E-state index in [0.29, 0.717) is 12.5 Å². The van der Waals surface area contributed by atoms with Crippen LogP contribution < -0.4 is 9.62 Å². The first-order valence-corrected chi connectivity index (χ1v) is 9.31. The summed E-state index contributed by atoms with van der Waals surface area (Å²) in [5.74, 6) is 1.20. The zero-order valence-electron chi connectivity index (χ0n) is 12.8. The third-order valence-corrected chi connectivity index (χ3v) is 4.68. The number of H-pyrrole nitrogens is 1. The van der Waals surface area contributed by atoms with E-state index in [4.69, 9.17) is 0 Å². The number of fused-ring (bicyclic) bond motifs is 1. The largest absolute Gasteiger partial charge is 0.354 e. The third-order valence-electron chi connectivity index (χ3n) is 3.98. The van der Waals surface area contributed by atoms with Crippen molar-refractivity contribution in [3.8, 4) is 0 Å². The number of hydrogen-bond acceptors (Lipinski definition) is 5. The number of aromatic nitrogens is 3. The molecule has 1 saturated heterocycles. The lowest BCUT2D eigenvalue weighted by molar-refractivity contribution is 0.410. The van der Waals surface area contributed by atoms with Crippen molar-refractivity contribution in [1.82, 2.24) is 19.7 Å². The molecule has 0 aliphatic carbocycles. The van der Waals surface area contributed by atoms with Crippen LogP contribution in [0.4, 0.5) is 5.82 Å². The Balaban J connectivity index is 1.78. The Kier molecular flexibility index (Phi) is 4.05. The monoisotopic (exact) mass is 323 g/mol. The van der Waals surface area contributed by atoms with Gasteiger partial charge < -0.3 is 9.88 Å². The molecule has 0 amide bonds. The van der Waals surface area contributed by atoms with Crippen molar-refractivity contribution in [3.63, 3.8) is 0 Å². The first kappa shape index (κ1) is 15.2. The second-order valence-corrected chi connectivity index (χ2v) is 7.82. The van der Waals surface area contributed by atoms with Crippen LogP contribution in [-0.4, -0.2) is 49.3 Å². The van der Waals surface area contributed by atoms with E-state index in [-0.39, 0.29) is 0 Å². The molecule has 0 bridgehead atoms. The molecule has 0 saturated carbocycles. The molecule has 2 aromatic heterocycles. The molecule has 0 radical (unpaired) electrons. The number of anilines is 1.